The van der Waals surface area contributed by atoms with Crippen LogP contribution in [0.4, 0.5) is 5.69 Å². The van der Waals surface area contributed by atoms with Gasteiger partial charge in [0.1, 0.15) is 11.8 Å². The van der Waals surface area contributed by atoms with E-state index in [-0.39, 0.29) is 12.4 Å². The number of halogens is 1. The van der Waals surface area contributed by atoms with Crippen LogP contribution in [-0.4, -0.2) is 56.8 Å². The van der Waals surface area contributed by atoms with E-state index in [1.54, 1.807) is 36.5 Å². The van der Waals surface area contributed by atoms with Crippen LogP contribution < -0.4 is 30.0 Å². The second kappa shape index (κ2) is 11.6. The average molecular weight is 494 g/mol. The molecule has 34 heavy (non-hydrogen) atoms. The Morgan fingerprint density at radius 3 is 2.15 bits per heavy atom. The fourth-order valence-corrected chi connectivity index (χ4v) is 3.27. The van der Waals surface area contributed by atoms with Crippen molar-refractivity contribution in [2.45, 2.75) is 19.1 Å². The molecule has 0 saturated heterocycles. The van der Waals surface area contributed by atoms with E-state index in [9.17, 15) is 9.90 Å². The van der Waals surface area contributed by atoms with Gasteiger partial charge in [0, 0.05) is 11.1 Å². The van der Waals surface area contributed by atoms with Crippen molar-refractivity contribution in [3.05, 3.63) is 36.5 Å². The first-order chi connectivity index (χ1) is 15.8. The predicted octanol–water partition coefficient (Wildman–Crippen LogP) is 3.11. The zero-order chi connectivity index (χ0) is 24.1. The molecular weight excluding hydrogens is 466 g/mol. The Bertz CT molecular complexity index is 1110. The molecule has 0 fully saturated rings. The summed E-state index contributed by atoms with van der Waals surface area (Å²) in [6.07, 6.45) is 0.553. The highest BCUT2D eigenvalue weighted by molar-refractivity contribution is 5.97. The van der Waals surface area contributed by atoms with E-state index in [0.717, 1.165) is 0 Å². The van der Waals surface area contributed by atoms with E-state index in [4.69, 9.17) is 29.2 Å². The number of anilines is 1. The first-order valence-corrected chi connectivity index (χ1v) is 10.0. The third kappa shape index (κ3) is 5.36. The van der Waals surface area contributed by atoms with Gasteiger partial charge in [0.05, 0.1) is 46.4 Å². The summed E-state index contributed by atoms with van der Waals surface area (Å²) in [5.41, 5.74) is 8.13. The number of carbonyl (C=O) groups is 1. The minimum atomic E-state index is -1.09. The van der Waals surface area contributed by atoms with Crippen molar-refractivity contribution >= 4 is 24.0 Å². The molecule has 0 aliphatic rings. The van der Waals surface area contributed by atoms with Crippen molar-refractivity contribution in [3.63, 3.8) is 0 Å². The molecule has 0 saturated carbocycles. The number of amides is 1. The molecule has 3 rings (SSSR count). The summed E-state index contributed by atoms with van der Waals surface area (Å²) in [7, 11) is 6.06. The molecule has 1 amide bonds. The topological polar surface area (TPSA) is 138 Å². The first kappa shape index (κ1) is 26.8. The lowest BCUT2D eigenvalue weighted by molar-refractivity contribution is -0.119. The number of nitrogens with zero attached hydrogens (tertiary/aromatic N) is 1. The molecule has 10 nitrogen and oxygen atoms in total. The SMILES string of the molecule is COc1ccc(-c2cnoc2-c2cc(OC)c(OC)c(OC)c2)cc1NC(=O)C(N)C(C)O.Cl. The number of hydrogen-bond acceptors (Lipinski definition) is 9. The van der Waals surface area contributed by atoms with Crippen molar-refractivity contribution in [1.29, 1.82) is 0 Å². The number of nitrogens with one attached hydrogen (secondary N) is 1. The lowest BCUT2D eigenvalue weighted by atomic mass is 10.0. The zero-order valence-corrected chi connectivity index (χ0v) is 20.3. The Morgan fingerprint density at radius 2 is 1.62 bits per heavy atom. The molecule has 0 aliphatic heterocycles. The minimum Gasteiger partial charge on any atom is -0.495 e. The van der Waals surface area contributed by atoms with E-state index >= 15 is 0 Å². The summed E-state index contributed by atoms with van der Waals surface area (Å²) in [5.74, 6) is 1.71. The highest BCUT2D eigenvalue weighted by Gasteiger charge is 2.22. The number of aliphatic hydroxyl groups excluding tert-OH is 1. The number of carbonyl (C=O) groups excluding carboxylic acids is 1. The van der Waals surface area contributed by atoms with Gasteiger partial charge in [-0.3, -0.25) is 4.79 Å². The molecule has 0 radical (unpaired) electrons. The molecule has 2 aromatic carbocycles. The monoisotopic (exact) mass is 493 g/mol. The lowest BCUT2D eigenvalue weighted by Crippen LogP contribution is -2.43. The number of nitrogens with two attached hydrogens (primary N) is 1. The molecule has 2 unspecified atom stereocenters. The molecule has 4 N–H and O–H groups in total. The van der Waals surface area contributed by atoms with Gasteiger partial charge in [-0.1, -0.05) is 11.2 Å². The first-order valence-electron chi connectivity index (χ1n) is 10.0. The average Bonchev–Trinajstić information content (AvgIpc) is 3.32. The van der Waals surface area contributed by atoms with Crippen molar-refractivity contribution in [1.82, 2.24) is 5.16 Å². The van der Waals surface area contributed by atoms with Gasteiger partial charge in [-0.05, 0) is 36.8 Å². The van der Waals surface area contributed by atoms with Crippen LogP contribution in [0.15, 0.2) is 41.1 Å². The van der Waals surface area contributed by atoms with Crippen LogP contribution in [0.1, 0.15) is 6.92 Å². The van der Waals surface area contributed by atoms with Crippen LogP contribution in [0.2, 0.25) is 0 Å². The maximum Gasteiger partial charge on any atom is 0.244 e. The molecule has 1 aromatic heterocycles. The Morgan fingerprint density at radius 1 is 1.00 bits per heavy atom. The third-order valence-corrected chi connectivity index (χ3v) is 5.09. The van der Waals surface area contributed by atoms with Crippen LogP contribution in [0, 0.1) is 0 Å². The van der Waals surface area contributed by atoms with Crippen LogP contribution in [0.5, 0.6) is 23.0 Å². The third-order valence-electron chi connectivity index (χ3n) is 5.09. The summed E-state index contributed by atoms with van der Waals surface area (Å²) in [5, 5.41) is 16.3. The van der Waals surface area contributed by atoms with Crippen molar-refractivity contribution in [2.24, 2.45) is 5.73 Å². The van der Waals surface area contributed by atoms with E-state index in [1.807, 2.05) is 0 Å². The van der Waals surface area contributed by atoms with Gasteiger partial charge in [-0.25, -0.2) is 0 Å². The number of benzene rings is 2. The van der Waals surface area contributed by atoms with Crippen molar-refractivity contribution in [2.75, 3.05) is 33.8 Å². The van der Waals surface area contributed by atoms with Crippen molar-refractivity contribution < 1.29 is 33.4 Å². The number of ether oxygens (including phenoxy) is 4. The maximum atomic E-state index is 12.4. The fourth-order valence-electron chi connectivity index (χ4n) is 3.27. The van der Waals surface area contributed by atoms with E-state index in [0.29, 0.717) is 51.1 Å². The number of aliphatic hydroxyl groups is 1. The molecule has 3 aromatic rings. The van der Waals surface area contributed by atoms with E-state index < -0.39 is 18.1 Å². The summed E-state index contributed by atoms with van der Waals surface area (Å²) >= 11 is 0. The quantitative estimate of drug-likeness (QED) is 0.410. The Hall–Kier alpha value is -3.47. The lowest BCUT2D eigenvalue weighted by Gasteiger charge is -2.17. The molecule has 0 aliphatic carbocycles. The Kier molecular flexibility index (Phi) is 9.13. The summed E-state index contributed by atoms with van der Waals surface area (Å²) in [6.45, 7) is 1.44. The summed E-state index contributed by atoms with van der Waals surface area (Å²) in [4.78, 5) is 12.4. The maximum absolute atomic E-state index is 12.4. The second-order valence-electron chi connectivity index (χ2n) is 7.15. The van der Waals surface area contributed by atoms with Gasteiger partial charge < -0.3 is 39.6 Å². The van der Waals surface area contributed by atoms with Gasteiger partial charge in [0.15, 0.2) is 17.3 Å². The number of aromatic nitrogens is 1. The Labute approximate surface area is 203 Å². The number of rotatable bonds is 9. The van der Waals surface area contributed by atoms with Crippen molar-refractivity contribution in [3.8, 4) is 45.4 Å². The highest BCUT2D eigenvalue weighted by atomic mass is 35.5. The van der Waals surface area contributed by atoms with Gasteiger partial charge >= 0.3 is 0 Å². The van der Waals surface area contributed by atoms with E-state index in [2.05, 4.69) is 10.5 Å². The zero-order valence-electron chi connectivity index (χ0n) is 19.4. The fraction of sp³-hybridized carbons (Fsp3) is 0.304. The van der Waals surface area contributed by atoms with Gasteiger partial charge in [0.2, 0.25) is 11.7 Å². The van der Waals surface area contributed by atoms with Gasteiger partial charge in [-0.2, -0.15) is 0 Å². The Balaban J connectivity index is 0.00000408. The standard InChI is InChI=1S/C23H27N3O7.ClH/c1-12(27)20(24)23(28)26-16-8-13(6-7-17(16)29-2)15-11-25-33-21(15)14-9-18(30-3)22(32-5)19(10-14)31-4;/h6-12,20,27H,24H2,1-5H3,(H,26,28);1H. The smallest absolute Gasteiger partial charge is 0.244 e. The molecule has 2 atom stereocenters. The number of methoxy groups -OCH3 is 4. The van der Waals surface area contributed by atoms with Gasteiger partial charge in [0.25, 0.3) is 0 Å². The largest absolute Gasteiger partial charge is 0.495 e. The van der Waals surface area contributed by atoms with Crippen LogP contribution >= 0.6 is 12.4 Å². The molecule has 184 valence electrons. The minimum absolute atomic E-state index is 0. The van der Waals surface area contributed by atoms with E-state index in [1.165, 1.54) is 35.4 Å². The van der Waals surface area contributed by atoms with Crippen LogP contribution in [-0.2, 0) is 4.79 Å². The molecule has 0 bridgehead atoms. The van der Waals surface area contributed by atoms with Gasteiger partial charge in [-0.15, -0.1) is 12.4 Å². The number of hydrogen-bond donors (Lipinski definition) is 3. The molecule has 1 heterocycles. The molecular formula is C23H28ClN3O7. The molecule has 0 spiro atoms. The second-order valence-corrected chi connectivity index (χ2v) is 7.15. The predicted molar refractivity (Wildman–Crippen MR) is 129 cm³/mol. The summed E-state index contributed by atoms with van der Waals surface area (Å²) < 4.78 is 27.2. The van der Waals surface area contributed by atoms with Crippen LogP contribution in [0.25, 0.3) is 22.5 Å². The molecule has 11 heteroatoms. The van der Waals surface area contributed by atoms with Crippen LogP contribution in [0.3, 0.4) is 0 Å². The summed E-state index contributed by atoms with van der Waals surface area (Å²) in [6, 6.07) is 7.61. The highest BCUT2D eigenvalue weighted by Crippen LogP contribution is 2.44. The normalized spacial score (nSPS) is 12.2.